The fourth-order valence-corrected chi connectivity index (χ4v) is 4.33. The molecule has 2 aromatic rings. The third-order valence-corrected chi connectivity index (χ3v) is 5.78. The van der Waals surface area contributed by atoms with Crippen molar-refractivity contribution < 1.29 is 17.6 Å². The molecule has 0 spiro atoms. The Morgan fingerprint density at radius 3 is 2.33 bits per heavy atom. The molecule has 0 saturated carbocycles. The summed E-state index contributed by atoms with van der Waals surface area (Å²) in [6, 6.07) is 10.1. The minimum atomic E-state index is -3.87. The number of amides is 1. The molecule has 0 bridgehead atoms. The van der Waals surface area contributed by atoms with E-state index in [2.05, 4.69) is 10.0 Å². The molecule has 0 fully saturated rings. The van der Waals surface area contributed by atoms with E-state index in [9.17, 15) is 17.6 Å². The minimum absolute atomic E-state index is 0.0367. The van der Waals surface area contributed by atoms with Gasteiger partial charge in [0.05, 0.1) is 5.02 Å². The van der Waals surface area contributed by atoms with Gasteiger partial charge in [0.25, 0.3) is 5.91 Å². The second-order valence-electron chi connectivity index (χ2n) is 7.13. The summed E-state index contributed by atoms with van der Waals surface area (Å²) in [6.07, 6.45) is 0.524. The van der Waals surface area contributed by atoms with Crippen molar-refractivity contribution in [2.75, 3.05) is 6.54 Å². The van der Waals surface area contributed by atoms with Crippen molar-refractivity contribution in [2.24, 2.45) is 0 Å². The van der Waals surface area contributed by atoms with Gasteiger partial charge in [0, 0.05) is 17.6 Å². The quantitative estimate of drug-likeness (QED) is 0.762. The highest BCUT2D eigenvalue weighted by atomic mass is 35.5. The Balaban J connectivity index is 2.09. The van der Waals surface area contributed by atoms with Gasteiger partial charge in [-0.15, -0.1) is 0 Å². The van der Waals surface area contributed by atoms with Crippen LogP contribution in [-0.2, 0) is 16.4 Å². The summed E-state index contributed by atoms with van der Waals surface area (Å²) in [5, 5.41) is 2.75. The summed E-state index contributed by atoms with van der Waals surface area (Å²) in [5.41, 5.74) is 0.383. The Labute approximate surface area is 164 Å². The van der Waals surface area contributed by atoms with Crippen LogP contribution >= 0.6 is 11.6 Å². The van der Waals surface area contributed by atoms with Crippen LogP contribution in [0.4, 0.5) is 4.39 Å². The zero-order valence-electron chi connectivity index (χ0n) is 15.3. The summed E-state index contributed by atoms with van der Waals surface area (Å²) in [6.45, 7) is 5.47. The van der Waals surface area contributed by atoms with Gasteiger partial charge in [-0.3, -0.25) is 4.79 Å². The Bertz CT molecular complexity index is 923. The molecule has 146 valence electrons. The molecule has 0 aliphatic heterocycles. The first-order valence-corrected chi connectivity index (χ1v) is 10.2. The van der Waals surface area contributed by atoms with E-state index in [0.717, 1.165) is 5.56 Å². The van der Waals surface area contributed by atoms with Gasteiger partial charge in [0.1, 0.15) is 10.7 Å². The smallest absolute Gasteiger partial charge is 0.251 e. The lowest BCUT2D eigenvalue weighted by atomic mass is 10.1. The predicted molar refractivity (Wildman–Crippen MR) is 104 cm³/mol. The number of hydrogen-bond acceptors (Lipinski definition) is 3. The van der Waals surface area contributed by atoms with Gasteiger partial charge >= 0.3 is 0 Å². The van der Waals surface area contributed by atoms with E-state index in [1.54, 1.807) is 32.9 Å². The van der Waals surface area contributed by atoms with Gasteiger partial charge in [-0.1, -0.05) is 23.7 Å². The molecule has 2 aromatic carbocycles. The Hall–Kier alpha value is -1.96. The Kier molecular flexibility index (Phi) is 6.62. The lowest BCUT2D eigenvalue weighted by Gasteiger charge is -2.21. The highest BCUT2D eigenvalue weighted by molar-refractivity contribution is 7.89. The van der Waals surface area contributed by atoms with Gasteiger partial charge in [-0.25, -0.2) is 17.5 Å². The maximum absolute atomic E-state index is 12.9. The highest BCUT2D eigenvalue weighted by Gasteiger charge is 2.25. The minimum Gasteiger partial charge on any atom is -0.352 e. The number of nitrogens with one attached hydrogen (secondary N) is 2. The van der Waals surface area contributed by atoms with E-state index < -0.39 is 21.5 Å². The lowest BCUT2D eigenvalue weighted by molar-refractivity contribution is 0.0954. The van der Waals surface area contributed by atoms with Crippen molar-refractivity contribution in [3.8, 4) is 0 Å². The van der Waals surface area contributed by atoms with Crippen LogP contribution in [0.25, 0.3) is 0 Å². The second-order valence-corrected chi connectivity index (χ2v) is 9.19. The third-order valence-electron chi connectivity index (χ3n) is 3.54. The zero-order valence-corrected chi connectivity index (χ0v) is 16.9. The second kappa shape index (κ2) is 8.37. The first-order chi connectivity index (χ1) is 12.5. The van der Waals surface area contributed by atoms with Crippen molar-refractivity contribution >= 4 is 27.5 Å². The number of sulfonamides is 1. The molecule has 2 N–H and O–H groups in total. The fourth-order valence-electron chi connectivity index (χ4n) is 2.38. The van der Waals surface area contributed by atoms with Crippen molar-refractivity contribution in [3.63, 3.8) is 0 Å². The van der Waals surface area contributed by atoms with Crippen LogP contribution in [0.15, 0.2) is 47.4 Å². The molecular weight excluding hydrogens is 391 g/mol. The van der Waals surface area contributed by atoms with Crippen LogP contribution in [0.1, 0.15) is 36.7 Å². The number of halogens is 2. The number of benzene rings is 2. The van der Waals surface area contributed by atoms with E-state index >= 15 is 0 Å². The maximum atomic E-state index is 12.9. The average molecular weight is 413 g/mol. The number of carbonyl (C=O) groups excluding carboxylic acids is 1. The SMILES string of the molecule is CC(C)(C)NS(=O)(=O)c1cc(C(=O)NCCc2ccc(F)cc2)ccc1Cl. The third kappa shape index (κ3) is 6.30. The lowest BCUT2D eigenvalue weighted by Crippen LogP contribution is -2.40. The van der Waals surface area contributed by atoms with Crippen LogP contribution in [0.5, 0.6) is 0 Å². The predicted octanol–water partition coefficient (Wildman–Crippen LogP) is 3.53. The van der Waals surface area contributed by atoms with Crippen molar-refractivity contribution in [1.82, 2.24) is 10.0 Å². The first-order valence-electron chi connectivity index (χ1n) is 8.34. The molecule has 0 radical (unpaired) electrons. The first kappa shape index (κ1) is 21.3. The molecule has 0 aliphatic rings. The molecule has 0 atom stereocenters. The standard InChI is InChI=1S/C19H22ClFN2O3S/c1-19(2,3)23-27(25,26)17-12-14(6-9-16(17)20)18(24)22-11-10-13-4-7-15(21)8-5-13/h4-9,12,23H,10-11H2,1-3H3,(H,22,24). The van der Waals surface area contributed by atoms with Crippen molar-refractivity contribution in [3.05, 3.63) is 64.4 Å². The molecule has 0 saturated heterocycles. The molecule has 1 amide bonds. The van der Waals surface area contributed by atoms with Crippen LogP contribution in [0.2, 0.25) is 5.02 Å². The molecule has 27 heavy (non-hydrogen) atoms. The zero-order chi connectivity index (χ0) is 20.2. The number of hydrogen-bond donors (Lipinski definition) is 2. The fraction of sp³-hybridized carbons (Fsp3) is 0.316. The topological polar surface area (TPSA) is 75.3 Å². The molecule has 0 unspecified atom stereocenters. The molecule has 0 heterocycles. The summed E-state index contributed by atoms with van der Waals surface area (Å²) in [4.78, 5) is 12.2. The largest absolute Gasteiger partial charge is 0.352 e. The van der Waals surface area contributed by atoms with Gasteiger partial charge in [0.2, 0.25) is 10.0 Å². The summed E-state index contributed by atoms with van der Waals surface area (Å²) in [5.74, 6) is -0.734. The highest BCUT2D eigenvalue weighted by Crippen LogP contribution is 2.24. The van der Waals surface area contributed by atoms with E-state index in [1.807, 2.05) is 0 Å². The molecule has 2 rings (SSSR count). The van der Waals surface area contributed by atoms with Crippen LogP contribution in [0, 0.1) is 5.82 Å². The molecule has 5 nitrogen and oxygen atoms in total. The molecule has 0 aliphatic carbocycles. The van der Waals surface area contributed by atoms with Crippen LogP contribution < -0.4 is 10.0 Å². The van der Waals surface area contributed by atoms with Crippen molar-refractivity contribution in [1.29, 1.82) is 0 Å². The Morgan fingerprint density at radius 1 is 1.11 bits per heavy atom. The summed E-state index contributed by atoms with van der Waals surface area (Å²) in [7, 11) is -3.87. The van der Waals surface area contributed by atoms with E-state index in [-0.39, 0.29) is 21.3 Å². The normalized spacial score (nSPS) is 12.0. The molecular formula is C19H22ClFN2O3S. The monoisotopic (exact) mass is 412 g/mol. The maximum Gasteiger partial charge on any atom is 0.251 e. The molecule has 0 aromatic heterocycles. The van der Waals surface area contributed by atoms with Crippen LogP contribution in [-0.4, -0.2) is 26.4 Å². The van der Waals surface area contributed by atoms with Gasteiger partial charge in [-0.05, 0) is 63.1 Å². The van der Waals surface area contributed by atoms with Crippen LogP contribution in [0.3, 0.4) is 0 Å². The Morgan fingerprint density at radius 2 is 1.74 bits per heavy atom. The van der Waals surface area contributed by atoms with E-state index in [1.165, 1.54) is 30.3 Å². The van der Waals surface area contributed by atoms with Gasteiger partial charge in [-0.2, -0.15) is 0 Å². The molecule has 8 heteroatoms. The number of rotatable bonds is 6. The van der Waals surface area contributed by atoms with E-state index in [0.29, 0.717) is 13.0 Å². The summed E-state index contributed by atoms with van der Waals surface area (Å²) < 4.78 is 40.4. The van der Waals surface area contributed by atoms with Gasteiger partial charge < -0.3 is 5.32 Å². The van der Waals surface area contributed by atoms with Crippen molar-refractivity contribution in [2.45, 2.75) is 37.6 Å². The summed E-state index contributed by atoms with van der Waals surface area (Å²) >= 11 is 6.03. The van der Waals surface area contributed by atoms with E-state index in [4.69, 9.17) is 11.6 Å². The average Bonchev–Trinajstić information content (AvgIpc) is 2.54. The number of carbonyl (C=O) groups is 1. The van der Waals surface area contributed by atoms with Gasteiger partial charge in [0.15, 0.2) is 0 Å².